The number of sulfonamides is 1. The molecule has 1 aromatic carbocycles. The fourth-order valence-corrected chi connectivity index (χ4v) is 2.86. The molecule has 0 saturated heterocycles. The molecule has 0 fully saturated rings. The zero-order chi connectivity index (χ0) is 15.0. The number of benzene rings is 1. The molecule has 0 spiro atoms. The van der Waals surface area contributed by atoms with Crippen molar-refractivity contribution in [2.24, 2.45) is 0 Å². The Bertz CT molecular complexity index is 486. The molecule has 0 aromatic heterocycles. The van der Waals surface area contributed by atoms with Crippen LogP contribution in [0.4, 0.5) is 0 Å². The van der Waals surface area contributed by atoms with Crippen molar-refractivity contribution >= 4 is 10.0 Å². The Kier molecular flexibility index (Phi) is 7.15. The van der Waals surface area contributed by atoms with E-state index in [2.05, 4.69) is 5.32 Å². The highest BCUT2D eigenvalue weighted by atomic mass is 32.2. The first-order valence-electron chi connectivity index (χ1n) is 6.82. The van der Waals surface area contributed by atoms with Gasteiger partial charge in [-0.2, -0.15) is 0 Å². The predicted octanol–water partition coefficient (Wildman–Crippen LogP) is 0.940. The molecule has 1 rings (SSSR count). The summed E-state index contributed by atoms with van der Waals surface area (Å²) < 4.78 is 24.3. The van der Waals surface area contributed by atoms with Crippen molar-refractivity contribution in [3.05, 3.63) is 35.4 Å². The van der Waals surface area contributed by atoms with Gasteiger partial charge >= 0.3 is 0 Å². The van der Waals surface area contributed by atoms with Gasteiger partial charge in [0.15, 0.2) is 0 Å². The molecular weight excluding hydrogens is 276 g/mol. The Balaban J connectivity index is 2.24. The first-order chi connectivity index (χ1) is 9.47. The van der Waals surface area contributed by atoms with Crippen molar-refractivity contribution in [1.29, 1.82) is 0 Å². The quantitative estimate of drug-likeness (QED) is 0.666. The van der Waals surface area contributed by atoms with Crippen LogP contribution in [-0.2, 0) is 23.2 Å². The van der Waals surface area contributed by atoms with Gasteiger partial charge in [-0.15, -0.1) is 0 Å². The molecule has 114 valence electrons. The zero-order valence-corrected chi connectivity index (χ0v) is 13.0. The topological polar surface area (TPSA) is 69.6 Å². The Hall–Kier alpha value is -0.950. The van der Waals surface area contributed by atoms with Gasteiger partial charge in [0.1, 0.15) is 0 Å². The SMILES string of the molecule is CCN(CCCNCc1ccc(CO)cc1)S(C)(=O)=O. The van der Waals surface area contributed by atoms with E-state index in [-0.39, 0.29) is 6.61 Å². The molecular formula is C14H24N2O3S. The summed E-state index contributed by atoms with van der Waals surface area (Å²) in [6.07, 6.45) is 2.03. The summed E-state index contributed by atoms with van der Waals surface area (Å²) in [4.78, 5) is 0. The van der Waals surface area contributed by atoms with Crippen LogP contribution in [0, 0.1) is 0 Å². The van der Waals surface area contributed by atoms with E-state index < -0.39 is 10.0 Å². The lowest BCUT2D eigenvalue weighted by atomic mass is 10.1. The van der Waals surface area contributed by atoms with Gasteiger partial charge in [-0.05, 0) is 24.1 Å². The smallest absolute Gasteiger partial charge is 0.211 e. The van der Waals surface area contributed by atoms with E-state index in [1.807, 2.05) is 31.2 Å². The average Bonchev–Trinajstić information content (AvgIpc) is 2.42. The Morgan fingerprint density at radius 2 is 1.80 bits per heavy atom. The Morgan fingerprint density at radius 1 is 1.20 bits per heavy atom. The third kappa shape index (κ3) is 6.00. The molecule has 0 amide bonds. The molecule has 20 heavy (non-hydrogen) atoms. The van der Waals surface area contributed by atoms with Gasteiger partial charge in [-0.25, -0.2) is 12.7 Å². The van der Waals surface area contributed by atoms with E-state index >= 15 is 0 Å². The third-order valence-electron chi connectivity index (χ3n) is 3.12. The fraction of sp³-hybridized carbons (Fsp3) is 0.571. The molecule has 5 nitrogen and oxygen atoms in total. The molecule has 0 radical (unpaired) electrons. The van der Waals surface area contributed by atoms with Crippen LogP contribution >= 0.6 is 0 Å². The normalized spacial score (nSPS) is 12.0. The number of nitrogens with zero attached hydrogens (tertiary/aromatic N) is 1. The second kappa shape index (κ2) is 8.36. The maximum absolute atomic E-state index is 11.4. The van der Waals surface area contributed by atoms with Crippen LogP contribution in [-0.4, -0.2) is 43.7 Å². The van der Waals surface area contributed by atoms with Gasteiger partial charge in [0.2, 0.25) is 10.0 Å². The summed E-state index contributed by atoms with van der Waals surface area (Å²) in [5, 5.41) is 12.2. The van der Waals surface area contributed by atoms with Crippen LogP contribution in [0.25, 0.3) is 0 Å². The van der Waals surface area contributed by atoms with Crippen molar-refractivity contribution in [1.82, 2.24) is 9.62 Å². The van der Waals surface area contributed by atoms with Crippen LogP contribution in [0.3, 0.4) is 0 Å². The number of nitrogens with one attached hydrogen (secondary N) is 1. The van der Waals surface area contributed by atoms with E-state index in [0.29, 0.717) is 13.1 Å². The minimum Gasteiger partial charge on any atom is -0.392 e. The van der Waals surface area contributed by atoms with Crippen LogP contribution in [0.15, 0.2) is 24.3 Å². The molecule has 0 heterocycles. The molecule has 0 aliphatic rings. The number of rotatable bonds is 9. The van der Waals surface area contributed by atoms with Crippen molar-refractivity contribution < 1.29 is 13.5 Å². The standard InChI is InChI=1S/C14H24N2O3S/c1-3-16(20(2,18)19)10-4-9-15-11-13-5-7-14(12-17)8-6-13/h5-8,15,17H,3-4,9-12H2,1-2H3. The van der Waals surface area contributed by atoms with E-state index in [1.54, 1.807) is 0 Å². The van der Waals surface area contributed by atoms with Crippen molar-refractivity contribution in [2.45, 2.75) is 26.5 Å². The van der Waals surface area contributed by atoms with E-state index in [4.69, 9.17) is 5.11 Å². The maximum Gasteiger partial charge on any atom is 0.211 e. The maximum atomic E-state index is 11.4. The molecule has 1 aromatic rings. The van der Waals surface area contributed by atoms with Crippen LogP contribution in [0.2, 0.25) is 0 Å². The first-order valence-corrected chi connectivity index (χ1v) is 8.66. The fourth-order valence-electron chi connectivity index (χ4n) is 1.93. The molecule has 6 heteroatoms. The lowest BCUT2D eigenvalue weighted by molar-refractivity contribution is 0.282. The summed E-state index contributed by atoms with van der Waals surface area (Å²) in [6.45, 7) is 4.49. The van der Waals surface area contributed by atoms with E-state index in [1.165, 1.54) is 10.6 Å². The molecule has 0 unspecified atom stereocenters. The van der Waals surface area contributed by atoms with Gasteiger partial charge in [0.05, 0.1) is 12.9 Å². The third-order valence-corrected chi connectivity index (χ3v) is 4.50. The molecule has 0 aliphatic carbocycles. The summed E-state index contributed by atoms with van der Waals surface area (Å²) in [6, 6.07) is 7.76. The highest BCUT2D eigenvalue weighted by molar-refractivity contribution is 7.88. The van der Waals surface area contributed by atoms with Crippen molar-refractivity contribution in [2.75, 3.05) is 25.9 Å². The second-order valence-corrected chi connectivity index (χ2v) is 6.74. The lowest BCUT2D eigenvalue weighted by Crippen LogP contribution is -2.32. The summed E-state index contributed by atoms with van der Waals surface area (Å²) in [5.74, 6) is 0. The lowest BCUT2D eigenvalue weighted by Gasteiger charge is -2.17. The highest BCUT2D eigenvalue weighted by Crippen LogP contribution is 2.04. The van der Waals surface area contributed by atoms with Gasteiger partial charge in [0.25, 0.3) is 0 Å². The number of hydrogen-bond acceptors (Lipinski definition) is 4. The summed E-state index contributed by atoms with van der Waals surface area (Å²) in [7, 11) is -3.08. The van der Waals surface area contributed by atoms with E-state index in [0.717, 1.165) is 30.6 Å². The van der Waals surface area contributed by atoms with Crippen LogP contribution in [0.5, 0.6) is 0 Å². The monoisotopic (exact) mass is 300 g/mol. The van der Waals surface area contributed by atoms with Gasteiger partial charge in [0, 0.05) is 19.6 Å². The van der Waals surface area contributed by atoms with Gasteiger partial charge < -0.3 is 10.4 Å². The van der Waals surface area contributed by atoms with Crippen molar-refractivity contribution in [3.8, 4) is 0 Å². The second-order valence-electron chi connectivity index (χ2n) is 4.76. The molecule has 0 atom stereocenters. The van der Waals surface area contributed by atoms with Crippen molar-refractivity contribution in [3.63, 3.8) is 0 Å². The molecule has 0 saturated carbocycles. The largest absolute Gasteiger partial charge is 0.392 e. The summed E-state index contributed by atoms with van der Waals surface area (Å²) >= 11 is 0. The zero-order valence-electron chi connectivity index (χ0n) is 12.2. The first kappa shape index (κ1) is 17.1. The predicted molar refractivity (Wildman–Crippen MR) is 80.8 cm³/mol. The Morgan fingerprint density at radius 3 is 2.30 bits per heavy atom. The number of hydrogen-bond donors (Lipinski definition) is 2. The number of aliphatic hydroxyl groups is 1. The summed E-state index contributed by atoms with van der Waals surface area (Å²) in [5.41, 5.74) is 2.05. The highest BCUT2D eigenvalue weighted by Gasteiger charge is 2.12. The van der Waals surface area contributed by atoms with Gasteiger partial charge in [-0.3, -0.25) is 0 Å². The Labute approximate surface area is 121 Å². The molecule has 0 aliphatic heterocycles. The van der Waals surface area contributed by atoms with E-state index in [9.17, 15) is 8.42 Å². The molecule has 0 bridgehead atoms. The van der Waals surface area contributed by atoms with Gasteiger partial charge in [-0.1, -0.05) is 31.2 Å². The van der Waals surface area contributed by atoms with Crippen LogP contribution in [0.1, 0.15) is 24.5 Å². The minimum atomic E-state index is -3.08. The number of aliphatic hydroxyl groups excluding tert-OH is 1. The van der Waals surface area contributed by atoms with Crippen LogP contribution < -0.4 is 5.32 Å². The molecule has 2 N–H and O–H groups in total. The minimum absolute atomic E-state index is 0.0616. The average molecular weight is 300 g/mol.